The molecule has 1 aromatic heterocycles. The Balaban J connectivity index is 2.36. The zero-order chi connectivity index (χ0) is 14.8. The van der Waals surface area contributed by atoms with Crippen molar-refractivity contribution in [2.45, 2.75) is 0 Å². The Morgan fingerprint density at radius 2 is 1.71 bits per heavy atom. The Bertz CT molecular complexity index is 872. The standard InChI is InChI=1S/C15H11N3O3/c16-15(20)21-18-13(10-6-2-1-3-7-10)17-12-9-5-4-8-11(12)14(18)19/h1-9H,(H2,16,20). The molecule has 0 saturated carbocycles. The monoisotopic (exact) mass is 281 g/mol. The minimum Gasteiger partial charge on any atom is -0.333 e. The number of nitrogens with two attached hydrogens (primary N) is 1. The molecule has 0 fully saturated rings. The van der Waals surface area contributed by atoms with Gasteiger partial charge in [-0.3, -0.25) is 4.79 Å². The van der Waals surface area contributed by atoms with Crippen LogP contribution in [-0.2, 0) is 0 Å². The minimum atomic E-state index is -1.08. The highest BCUT2D eigenvalue weighted by molar-refractivity contribution is 5.79. The minimum absolute atomic E-state index is 0.220. The molecule has 21 heavy (non-hydrogen) atoms. The fourth-order valence-electron chi connectivity index (χ4n) is 2.06. The molecule has 0 aliphatic heterocycles. The van der Waals surface area contributed by atoms with Gasteiger partial charge in [-0.25, -0.2) is 9.78 Å². The van der Waals surface area contributed by atoms with Crippen molar-refractivity contribution in [3.05, 3.63) is 65.0 Å². The van der Waals surface area contributed by atoms with Gasteiger partial charge in [0.05, 0.1) is 10.9 Å². The summed E-state index contributed by atoms with van der Waals surface area (Å²) in [5.41, 5.74) is 5.71. The van der Waals surface area contributed by atoms with Gasteiger partial charge in [-0.2, -0.15) is 0 Å². The lowest BCUT2D eigenvalue weighted by Gasteiger charge is -2.11. The summed E-state index contributed by atoms with van der Waals surface area (Å²) in [4.78, 5) is 32.7. The van der Waals surface area contributed by atoms with Crippen LogP contribution in [0.25, 0.3) is 22.3 Å². The van der Waals surface area contributed by atoms with E-state index in [1.807, 2.05) is 6.07 Å². The second kappa shape index (κ2) is 5.09. The maximum Gasteiger partial charge on any atom is 0.429 e. The maximum atomic E-state index is 12.4. The van der Waals surface area contributed by atoms with Gasteiger partial charge < -0.3 is 10.6 Å². The van der Waals surface area contributed by atoms with Crippen LogP contribution in [0.1, 0.15) is 0 Å². The molecule has 6 nitrogen and oxygen atoms in total. The summed E-state index contributed by atoms with van der Waals surface area (Å²) >= 11 is 0. The fraction of sp³-hybridized carbons (Fsp3) is 0. The third-order valence-corrected chi connectivity index (χ3v) is 2.95. The molecule has 3 rings (SSSR count). The smallest absolute Gasteiger partial charge is 0.333 e. The Hall–Kier alpha value is -3.15. The second-order valence-corrected chi connectivity index (χ2v) is 4.33. The van der Waals surface area contributed by atoms with Crippen LogP contribution in [0.15, 0.2) is 59.4 Å². The molecular weight excluding hydrogens is 270 g/mol. The van der Waals surface area contributed by atoms with Crippen LogP contribution < -0.4 is 16.1 Å². The number of para-hydroxylation sites is 1. The van der Waals surface area contributed by atoms with Gasteiger partial charge >= 0.3 is 6.09 Å². The third-order valence-electron chi connectivity index (χ3n) is 2.95. The van der Waals surface area contributed by atoms with Crippen LogP contribution in [0, 0.1) is 0 Å². The van der Waals surface area contributed by atoms with Gasteiger partial charge in [-0.15, -0.1) is 4.73 Å². The fourth-order valence-corrected chi connectivity index (χ4v) is 2.06. The van der Waals surface area contributed by atoms with Crippen LogP contribution in [0.3, 0.4) is 0 Å². The lowest BCUT2D eigenvalue weighted by molar-refractivity contribution is 0.140. The maximum absolute atomic E-state index is 12.4. The number of amides is 1. The molecule has 0 radical (unpaired) electrons. The van der Waals surface area contributed by atoms with Gasteiger partial charge in [0.25, 0.3) is 5.56 Å². The quantitative estimate of drug-likeness (QED) is 0.772. The van der Waals surface area contributed by atoms with E-state index in [2.05, 4.69) is 4.98 Å². The molecule has 0 unspecified atom stereocenters. The van der Waals surface area contributed by atoms with Gasteiger partial charge in [0.1, 0.15) is 0 Å². The molecule has 0 bridgehead atoms. The molecule has 0 spiro atoms. The van der Waals surface area contributed by atoms with E-state index in [0.717, 1.165) is 4.73 Å². The van der Waals surface area contributed by atoms with E-state index in [1.54, 1.807) is 48.5 Å². The highest BCUT2D eigenvalue weighted by Crippen LogP contribution is 2.17. The molecule has 0 aliphatic rings. The predicted octanol–water partition coefficient (Wildman–Crippen LogP) is 1.57. The van der Waals surface area contributed by atoms with Gasteiger partial charge in [0, 0.05) is 5.56 Å². The average Bonchev–Trinajstić information content (AvgIpc) is 2.50. The lowest BCUT2D eigenvalue weighted by Crippen LogP contribution is -2.35. The number of fused-ring (bicyclic) bond motifs is 1. The Morgan fingerprint density at radius 3 is 2.43 bits per heavy atom. The lowest BCUT2D eigenvalue weighted by atomic mass is 10.2. The first-order chi connectivity index (χ1) is 10.2. The molecule has 0 saturated heterocycles. The Kier molecular flexibility index (Phi) is 3.12. The number of aromatic nitrogens is 2. The largest absolute Gasteiger partial charge is 0.429 e. The van der Waals surface area contributed by atoms with Crippen molar-refractivity contribution in [3.8, 4) is 11.4 Å². The van der Waals surface area contributed by atoms with E-state index in [0.29, 0.717) is 16.5 Å². The van der Waals surface area contributed by atoms with E-state index in [-0.39, 0.29) is 5.82 Å². The number of carbonyl (C=O) groups excluding carboxylic acids is 1. The molecule has 3 aromatic rings. The molecule has 0 atom stereocenters. The van der Waals surface area contributed by atoms with Gasteiger partial charge in [0.2, 0.25) is 0 Å². The zero-order valence-corrected chi connectivity index (χ0v) is 10.9. The van der Waals surface area contributed by atoms with Crippen molar-refractivity contribution < 1.29 is 9.63 Å². The first-order valence-electron chi connectivity index (χ1n) is 6.22. The molecule has 104 valence electrons. The number of primary amides is 1. The SMILES string of the molecule is NC(=O)On1c(-c2ccccc2)nc2ccccc2c1=O. The molecule has 0 aliphatic carbocycles. The molecule has 2 aromatic carbocycles. The molecule has 1 heterocycles. The Morgan fingerprint density at radius 1 is 1.05 bits per heavy atom. The number of nitrogens with zero attached hydrogens (tertiary/aromatic N) is 2. The van der Waals surface area contributed by atoms with E-state index >= 15 is 0 Å². The average molecular weight is 281 g/mol. The summed E-state index contributed by atoms with van der Waals surface area (Å²) in [5, 5.41) is 0.346. The van der Waals surface area contributed by atoms with Gasteiger partial charge in [-0.1, -0.05) is 42.5 Å². The highest BCUT2D eigenvalue weighted by Gasteiger charge is 2.15. The third kappa shape index (κ3) is 2.34. The van der Waals surface area contributed by atoms with Crippen LogP contribution in [-0.4, -0.2) is 15.8 Å². The first-order valence-corrected chi connectivity index (χ1v) is 6.22. The van der Waals surface area contributed by atoms with Crippen LogP contribution in [0.4, 0.5) is 4.79 Å². The number of carbonyl (C=O) groups is 1. The summed E-state index contributed by atoms with van der Waals surface area (Å²) in [5.74, 6) is 0.220. The van der Waals surface area contributed by atoms with Crippen LogP contribution >= 0.6 is 0 Å². The van der Waals surface area contributed by atoms with Gasteiger partial charge in [0.15, 0.2) is 5.82 Å². The van der Waals surface area contributed by atoms with E-state index < -0.39 is 11.7 Å². The van der Waals surface area contributed by atoms with E-state index in [4.69, 9.17) is 10.6 Å². The normalized spacial score (nSPS) is 10.5. The van der Waals surface area contributed by atoms with Gasteiger partial charge in [-0.05, 0) is 12.1 Å². The van der Waals surface area contributed by atoms with Crippen molar-refractivity contribution in [2.24, 2.45) is 5.73 Å². The number of rotatable bonds is 2. The molecule has 1 amide bonds. The number of hydrogen-bond donors (Lipinski definition) is 1. The Labute approximate surface area is 119 Å². The topological polar surface area (TPSA) is 87.2 Å². The predicted molar refractivity (Wildman–Crippen MR) is 77.6 cm³/mol. The summed E-state index contributed by atoms with van der Waals surface area (Å²) in [6, 6.07) is 15.8. The van der Waals surface area contributed by atoms with E-state index in [9.17, 15) is 9.59 Å². The molecule has 2 N–H and O–H groups in total. The van der Waals surface area contributed by atoms with Crippen LogP contribution in [0.2, 0.25) is 0 Å². The highest BCUT2D eigenvalue weighted by atomic mass is 16.7. The van der Waals surface area contributed by atoms with Crippen molar-refractivity contribution in [3.63, 3.8) is 0 Å². The van der Waals surface area contributed by atoms with Crippen molar-refractivity contribution in [1.29, 1.82) is 0 Å². The zero-order valence-electron chi connectivity index (χ0n) is 10.9. The molecule has 6 heteroatoms. The second-order valence-electron chi connectivity index (χ2n) is 4.33. The van der Waals surface area contributed by atoms with Crippen molar-refractivity contribution in [1.82, 2.24) is 9.71 Å². The summed E-state index contributed by atoms with van der Waals surface area (Å²) in [6.45, 7) is 0. The summed E-state index contributed by atoms with van der Waals surface area (Å²) in [6.07, 6.45) is -1.08. The van der Waals surface area contributed by atoms with E-state index in [1.165, 1.54) is 0 Å². The molecular formula is C15H11N3O3. The number of benzene rings is 2. The number of hydrogen-bond acceptors (Lipinski definition) is 4. The first kappa shape index (κ1) is 12.9. The van der Waals surface area contributed by atoms with Crippen molar-refractivity contribution >= 4 is 17.0 Å². The summed E-state index contributed by atoms with van der Waals surface area (Å²) in [7, 11) is 0. The van der Waals surface area contributed by atoms with Crippen LogP contribution in [0.5, 0.6) is 0 Å². The van der Waals surface area contributed by atoms with Crippen molar-refractivity contribution in [2.75, 3.05) is 0 Å². The summed E-state index contributed by atoms with van der Waals surface area (Å²) < 4.78 is 0.819.